The summed E-state index contributed by atoms with van der Waals surface area (Å²) in [6.07, 6.45) is -0.136. The molecule has 0 fully saturated rings. The molecule has 0 spiro atoms. The van der Waals surface area contributed by atoms with Gasteiger partial charge in [-0.2, -0.15) is 0 Å². The number of carbonyl (C=O) groups excluding carboxylic acids is 3. The van der Waals surface area contributed by atoms with E-state index >= 15 is 0 Å². The van der Waals surface area contributed by atoms with Crippen LogP contribution in [0.5, 0.6) is 0 Å². The van der Waals surface area contributed by atoms with Crippen LogP contribution in [0.1, 0.15) is 28.8 Å². The van der Waals surface area contributed by atoms with Crippen LogP contribution in [0.3, 0.4) is 0 Å². The van der Waals surface area contributed by atoms with E-state index in [2.05, 4.69) is 5.32 Å². The molecule has 0 radical (unpaired) electrons. The Balaban J connectivity index is 1.94. The number of halogens is 2. The molecule has 0 heterocycles. The van der Waals surface area contributed by atoms with E-state index in [4.69, 9.17) is 33.0 Å². The van der Waals surface area contributed by atoms with E-state index in [0.717, 1.165) is 5.56 Å². The molecule has 0 bridgehead atoms. The summed E-state index contributed by atoms with van der Waals surface area (Å²) >= 11 is 11.8. The minimum Gasteiger partial charge on any atom is -0.481 e. The van der Waals surface area contributed by atoms with Crippen LogP contribution in [0.4, 0.5) is 0 Å². The van der Waals surface area contributed by atoms with E-state index in [0.29, 0.717) is 6.42 Å². The number of hydrogen-bond donors (Lipinski definition) is 2. The Labute approximate surface area is 182 Å². The zero-order valence-electron chi connectivity index (χ0n) is 15.8. The summed E-state index contributed by atoms with van der Waals surface area (Å²) in [6.45, 7) is -0.739. The number of carboxylic acid groups (broad SMARTS) is 1. The third-order valence-corrected chi connectivity index (χ3v) is 4.73. The normalized spacial score (nSPS) is 11.4. The van der Waals surface area contributed by atoms with Gasteiger partial charge in [0.05, 0.1) is 22.0 Å². The van der Waals surface area contributed by atoms with Gasteiger partial charge in [-0.3, -0.25) is 14.4 Å². The van der Waals surface area contributed by atoms with E-state index in [1.54, 1.807) is 6.07 Å². The second kappa shape index (κ2) is 11.3. The van der Waals surface area contributed by atoms with Crippen molar-refractivity contribution in [1.82, 2.24) is 5.32 Å². The molecule has 0 aliphatic carbocycles. The Morgan fingerprint density at radius 1 is 0.967 bits per heavy atom. The van der Waals surface area contributed by atoms with Crippen LogP contribution in [-0.4, -0.2) is 41.4 Å². The van der Waals surface area contributed by atoms with Crippen molar-refractivity contribution in [2.45, 2.75) is 25.3 Å². The van der Waals surface area contributed by atoms with Gasteiger partial charge in [0.25, 0.3) is 0 Å². The van der Waals surface area contributed by atoms with Gasteiger partial charge >= 0.3 is 11.9 Å². The number of nitrogens with one attached hydrogen (secondary N) is 1. The zero-order chi connectivity index (χ0) is 22.1. The molecule has 30 heavy (non-hydrogen) atoms. The number of amides is 1. The first kappa shape index (κ1) is 23.4. The molecule has 1 atom stereocenters. The average molecular weight is 452 g/mol. The lowest BCUT2D eigenvalue weighted by molar-refractivity contribution is -0.140. The van der Waals surface area contributed by atoms with Gasteiger partial charge in [0.2, 0.25) is 5.91 Å². The minimum atomic E-state index is -1.33. The fourth-order valence-corrected chi connectivity index (χ4v) is 3.14. The van der Waals surface area contributed by atoms with E-state index in [9.17, 15) is 19.2 Å². The maximum Gasteiger partial charge on any atom is 0.341 e. The maximum absolute atomic E-state index is 12.4. The summed E-state index contributed by atoms with van der Waals surface area (Å²) in [5.41, 5.74) is 0.828. The van der Waals surface area contributed by atoms with Crippen LogP contribution in [0.15, 0.2) is 48.5 Å². The predicted octanol–water partition coefficient (Wildman–Crippen LogP) is 3.31. The van der Waals surface area contributed by atoms with Crippen LogP contribution < -0.4 is 5.32 Å². The Bertz CT molecular complexity index is 912. The number of benzene rings is 2. The fraction of sp³-hybridized carbons (Fsp3) is 0.238. The van der Waals surface area contributed by atoms with Gasteiger partial charge < -0.3 is 15.2 Å². The first-order chi connectivity index (χ1) is 14.3. The monoisotopic (exact) mass is 451 g/mol. The largest absolute Gasteiger partial charge is 0.481 e. The third-order valence-electron chi connectivity index (χ3n) is 4.10. The van der Waals surface area contributed by atoms with Crippen molar-refractivity contribution >= 4 is 46.8 Å². The minimum absolute atomic E-state index is 0.0521. The number of rotatable bonds is 10. The summed E-state index contributed by atoms with van der Waals surface area (Å²) in [7, 11) is 0. The van der Waals surface area contributed by atoms with Crippen molar-refractivity contribution in [1.29, 1.82) is 0 Å². The summed E-state index contributed by atoms with van der Waals surface area (Å²) in [6, 6.07) is 12.3. The lowest BCUT2D eigenvalue weighted by Gasteiger charge is -2.16. The summed E-state index contributed by atoms with van der Waals surface area (Å²) < 4.78 is 4.92. The molecular weight excluding hydrogens is 433 g/mol. The average Bonchev–Trinajstić information content (AvgIpc) is 2.70. The van der Waals surface area contributed by atoms with Crippen molar-refractivity contribution in [3.8, 4) is 0 Å². The summed E-state index contributed by atoms with van der Waals surface area (Å²) in [5, 5.41) is 11.5. The molecule has 158 valence electrons. The quantitative estimate of drug-likeness (QED) is 0.536. The number of aliphatic carboxylic acids is 1. The molecule has 0 saturated carbocycles. The number of ether oxygens (including phenoxy) is 1. The Morgan fingerprint density at radius 3 is 2.20 bits per heavy atom. The van der Waals surface area contributed by atoms with Crippen molar-refractivity contribution in [3.05, 3.63) is 69.7 Å². The highest BCUT2D eigenvalue weighted by Crippen LogP contribution is 2.24. The number of Topliss-reactive ketones (excluding diaryl/α,β-unsaturated/α-hetero) is 1. The number of carboxylic acids is 1. The second-order valence-electron chi connectivity index (χ2n) is 6.34. The van der Waals surface area contributed by atoms with Crippen molar-refractivity contribution < 1.29 is 29.0 Å². The Hall–Kier alpha value is -2.90. The van der Waals surface area contributed by atoms with Crippen molar-refractivity contribution in [2.75, 3.05) is 6.61 Å². The SMILES string of the molecule is O=C(O)CC(NC(=O)CCc1ccccc1)C(=O)COC(=O)c1c(Cl)cccc1Cl. The standard InChI is InChI=1S/C21H19Cl2NO6/c22-14-7-4-8-15(23)20(14)21(29)30-12-17(25)16(11-19(27)28)24-18(26)10-9-13-5-2-1-3-6-13/h1-8,16H,9-12H2,(H,24,26)(H,27,28). The molecule has 2 aromatic rings. The van der Waals surface area contributed by atoms with Gasteiger partial charge in [-0.1, -0.05) is 59.6 Å². The lowest BCUT2D eigenvalue weighted by atomic mass is 10.1. The van der Waals surface area contributed by atoms with Gasteiger partial charge in [0, 0.05) is 6.42 Å². The fourth-order valence-electron chi connectivity index (χ4n) is 2.59. The molecular formula is C21H19Cl2NO6. The molecule has 9 heteroatoms. The molecule has 7 nitrogen and oxygen atoms in total. The highest BCUT2D eigenvalue weighted by atomic mass is 35.5. The third kappa shape index (κ3) is 7.17. The molecule has 0 aliphatic heterocycles. The second-order valence-corrected chi connectivity index (χ2v) is 7.16. The van der Waals surface area contributed by atoms with Gasteiger partial charge in [-0.05, 0) is 24.1 Å². The highest BCUT2D eigenvalue weighted by molar-refractivity contribution is 6.39. The van der Waals surface area contributed by atoms with Crippen LogP contribution in [0.2, 0.25) is 10.0 Å². The topological polar surface area (TPSA) is 110 Å². The highest BCUT2D eigenvalue weighted by Gasteiger charge is 2.25. The molecule has 2 rings (SSSR count). The van der Waals surface area contributed by atoms with E-state index in [1.165, 1.54) is 12.1 Å². The number of ketones is 1. The molecule has 2 aromatic carbocycles. The first-order valence-corrected chi connectivity index (χ1v) is 9.72. The van der Waals surface area contributed by atoms with E-state index in [-0.39, 0.29) is 22.0 Å². The van der Waals surface area contributed by atoms with Crippen molar-refractivity contribution in [3.63, 3.8) is 0 Å². The van der Waals surface area contributed by atoms with Gasteiger partial charge in [-0.25, -0.2) is 4.79 Å². The summed E-state index contributed by atoms with van der Waals surface area (Å²) in [4.78, 5) is 47.8. The van der Waals surface area contributed by atoms with E-state index in [1.807, 2.05) is 30.3 Å². The van der Waals surface area contributed by atoms with Crippen LogP contribution in [-0.2, 0) is 25.5 Å². The predicted molar refractivity (Wildman–Crippen MR) is 111 cm³/mol. The zero-order valence-corrected chi connectivity index (χ0v) is 17.3. The number of carbonyl (C=O) groups is 4. The maximum atomic E-state index is 12.4. The number of esters is 1. The van der Waals surface area contributed by atoms with Crippen molar-refractivity contribution in [2.24, 2.45) is 0 Å². The van der Waals surface area contributed by atoms with E-state index < -0.39 is 42.7 Å². The molecule has 1 unspecified atom stereocenters. The molecule has 0 aromatic heterocycles. The molecule has 0 saturated heterocycles. The molecule has 2 N–H and O–H groups in total. The van der Waals surface area contributed by atoms with Crippen LogP contribution >= 0.6 is 23.2 Å². The van der Waals surface area contributed by atoms with Gasteiger partial charge in [-0.15, -0.1) is 0 Å². The van der Waals surface area contributed by atoms with Crippen LogP contribution in [0, 0.1) is 0 Å². The number of hydrogen-bond acceptors (Lipinski definition) is 5. The Kier molecular flexibility index (Phi) is 8.83. The van der Waals surface area contributed by atoms with Gasteiger partial charge in [0.1, 0.15) is 6.04 Å². The van der Waals surface area contributed by atoms with Crippen LogP contribution in [0.25, 0.3) is 0 Å². The summed E-state index contributed by atoms with van der Waals surface area (Å²) in [5.74, 6) is -3.46. The number of aryl methyl sites for hydroxylation is 1. The first-order valence-electron chi connectivity index (χ1n) is 8.97. The molecule has 0 aliphatic rings. The lowest BCUT2D eigenvalue weighted by Crippen LogP contribution is -2.44. The van der Waals surface area contributed by atoms with Gasteiger partial charge in [0.15, 0.2) is 12.4 Å². The Morgan fingerprint density at radius 2 is 1.60 bits per heavy atom. The smallest absolute Gasteiger partial charge is 0.341 e. The molecule has 1 amide bonds.